The van der Waals surface area contributed by atoms with Gasteiger partial charge in [0.05, 0.1) is 6.10 Å². The molecule has 20 heavy (non-hydrogen) atoms. The maximum atomic E-state index is 10.5. The Morgan fingerprint density at radius 2 is 2.00 bits per heavy atom. The van der Waals surface area contributed by atoms with Crippen molar-refractivity contribution >= 4 is 11.6 Å². The monoisotopic (exact) mass is 294 g/mol. The fraction of sp³-hybridized carbons (Fsp3) is 0.647. The normalized spacial score (nSPS) is 35.5. The van der Waals surface area contributed by atoms with Crippen molar-refractivity contribution < 1.29 is 9.84 Å². The molecule has 2 nitrogen and oxygen atoms in total. The summed E-state index contributed by atoms with van der Waals surface area (Å²) in [5.41, 5.74) is 0.877. The lowest BCUT2D eigenvalue weighted by Crippen LogP contribution is -2.49. The highest BCUT2D eigenvalue weighted by Crippen LogP contribution is 2.52. The maximum Gasteiger partial charge on any atom is 0.126 e. The second kappa shape index (κ2) is 4.64. The number of ether oxygens (including phenoxy) is 1. The molecule has 1 heterocycles. The van der Waals surface area contributed by atoms with Gasteiger partial charge in [0.25, 0.3) is 0 Å². The first kappa shape index (κ1) is 14.2. The van der Waals surface area contributed by atoms with Crippen LogP contribution in [-0.4, -0.2) is 10.7 Å². The molecule has 0 radical (unpaired) electrons. The van der Waals surface area contributed by atoms with Gasteiger partial charge in [-0.1, -0.05) is 32.4 Å². The van der Waals surface area contributed by atoms with Gasteiger partial charge in [0.1, 0.15) is 11.4 Å². The zero-order valence-corrected chi connectivity index (χ0v) is 13.2. The summed E-state index contributed by atoms with van der Waals surface area (Å²) in [5.74, 6) is 1.43. The van der Waals surface area contributed by atoms with Crippen molar-refractivity contribution in [2.75, 3.05) is 0 Å². The average molecular weight is 295 g/mol. The van der Waals surface area contributed by atoms with Gasteiger partial charge in [0.15, 0.2) is 0 Å². The molecule has 3 atom stereocenters. The van der Waals surface area contributed by atoms with Crippen LogP contribution in [0.5, 0.6) is 5.75 Å². The molecule has 1 N–H and O–H groups in total. The third kappa shape index (κ3) is 2.56. The van der Waals surface area contributed by atoms with Gasteiger partial charge in [-0.15, -0.1) is 0 Å². The van der Waals surface area contributed by atoms with Crippen molar-refractivity contribution in [3.63, 3.8) is 0 Å². The number of aliphatic hydroxyl groups is 1. The minimum absolute atomic E-state index is 0.221. The van der Waals surface area contributed by atoms with Gasteiger partial charge in [0, 0.05) is 17.0 Å². The van der Waals surface area contributed by atoms with Crippen LogP contribution in [0.25, 0.3) is 0 Å². The van der Waals surface area contributed by atoms with Crippen LogP contribution in [0.4, 0.5) is 0 Å². The van der Waals surface area contributed by atoms with Gasteiger partial charge in [-0.3, -0.25) is 0 Å². The van der Waals surface area contributed by atoms with E-state index in [0.29, 0.717) is 17.4 Å². The molecule has 0 saturated heterocycles. The molecule has 3 unspecified atom stereocenters. The van der Waals surface area contributed by atoms with Crippen LogP contribution in [0.2, 0.25) is 5.02 Å². The van der Waals surface area contributed by atoms with Crippen LogP contribution in [0.3, 0.4) is 0 Å². The van der Waals surface area contributed by atoms with Crippen LogP contribution >= 0.6 is 11.6 Å². The Labute approximate surface area is 126 Å². The van der Waals surface area contributed by atoms with E-state index < -0.39 is 6.10 Å². The van der Waals surface area contributed by atoms with E-state index in [1.54, 1.807) is 0 Å². The van der Waals surface area contributed by atoms with Gasteiger partial charge < -0.3 is 9.84 Å². The van der Waals surface area contributed by atoms with Crippen LogP contribution in [-0.2, 0) is 0 Å². The summed E-state index contributed by atoms with van der Waals surface area (Å²) in [7, 11) is 0. The van der Waals surface area contributed by atoms with E-state index in [-0.39, 0.29) is 11.0 Å². The molecular formula is C17H23ClO2. The van der Waals surface area contributed by atoms with Crippen molar-refractivity contribution in [2.24, 2.45) is 11.3 Å². The molecule has 1 aromatic carbocycles. The Bertz CT molecular complexity index is 526. The second-order valence-electron chi connectivity index (χ2n) is 7.54. The van der Waals surface area contributed by atoms with Crippen molar-refractivity contribution in [3.8, 4) is 5.75 Å². The molecule has 3 rings (SSSR count). The highest BCUT2D eigenvalue weighted by molar-refractivity contribution is 6.30. The summed E-state index contributed by atoms with van der Waals surface area (Å²) >= 11 is 6.02. The molecule has 0 aromatic heterocycles. The number of hydrogen-bond donors (Lipinski definition) is 1. The zero-order chi connectivity index (χ0) is 14.5. The van der Waals surface area contributed by atoms with E-state index in [1.165, 1.54) is 6.42 Å². The number of benzene rings is 1. The molecule has 1 spiro atoms. The van der Waals surface area contributed by atoms with Crippen molar-refractivity contribution in [3.05, 3.63) is 28.8 Å². The molecule has 0 amide bonds. The molecule has 0 bridgehead atoms. The molecule has 1 aromatic rings. The number of aliphatic hydroxyl groups excluding tert-OH is 1. The van der Waals surface area contributed by atoms with E-state index in [9.17, 15) is 5.11 Å². The molecule has 1 aliphatic heterocycles. The van der Waals surface area contributed by atoms with Crippen molar-refractivity contribution in [1.82, 2.24) is 0 Å². The predicted octanol–water partition coefficient (Wildman–Crippen LogP) is 4.74. The minimum atomic E-state index is -0.474. The third-order valence-corrected chi connectivity index (χ3v) is 4.88. The fourth-order valence-electron chi connectivity index (χ4n) is 4.51. The standard InChI is InChI=1S/C17H23ClO2/c1-11-7-16(2,3)10-17(8-11)9-14(19)13-6-12(18)4-5-15(13)20-17/h4-6,11,14,19H,7-10H2,1-3H3. The van der Waals surface area contributed by atoms with Gasteiger partial charge in [-0.2, -0.15) is 0 Å². The quantitative estimate of drug-likeness (QED) is 0.749. The maximum absolute atomic E-state index is 10.5. The molecule has 110 valence electrons. The van der Waals surface area contributed by atoms with Gasteiger partial charge >= 0.3 is 0 Å². The smallest absolute Gasteiger partial charge is 0.126 e. The topological polar surface area (TPSA) is 29.5 Å². The largest absolute Gasteiger partial charge is 0.487 e. The Morgan fingerprint density at radius 3 is 2.70 bits per heavy atom. The van der Waals surface area contributed by atoms with Crippen molar-refractivity contribution in [2.45, 2.75) is 58.2 Å². The van der Waals surface area contributed by atoms with Gasteiger partial charge in [0.2, 0.25) is 0 Å². The Morgan fingerprint density at radius 1 is 1.25 bits per heavy atom. The van der Waals surface area contributed by atoms with Gasteiger partial charge in [-0.05, 0) is 48.8 Å². The average Bonchev–Trinajstić information content (AvgIpc) is 2.27. The Balaban J connectivity index is 1.96. The lowest BCUT2D eigenvalue weighted by molar-refractivity contribution is -0.0822. The summed E-state index contributed by atoms with van der Waals surface area (Å²) in [6, 6.07) is 5.56. The number of fused-ring (bicyclic) bond motifs is 1. The van der Waals surface area contributed by atoms with E-state index in [4.69, 9.17) is 16.3 Å². The van der Waals surface area contributed by atoms with Crippen LogP contribution in [0.1, 0.15) is 58.1 Å². The summed E-state index contributed by atoms with van der Waals surface area (Å²) in [5, 5.41) is 11.2. The molecular weight excluding hydrogens is 272 g/mol. The SMILES string of the molecule is CC1CC(C)(C)CC2(C1)CC(O)c1cc(Cl)ccc1O2. The molecule has 1 saturated carbocycles. The van der Waals surface area contributed by atoms with Gasteiger partial charge in [-0.25, -0.2) is 0 Å². The fourth-order valence-corrected chi connectivity index (χ4v) is 4.69. The zero-order valence-electron chi connectivity index (χ0n) is 12.4. The predicted molar refractivity (Wildman–Crippen MR) is 81.2 cm³/mol. The minimum Gasteiger partial charge on any atom is -0.487 e. The first-order valence-electron chi connectivity index (χ1n) is 7.45. The van der Waals surface area contributed by atoms with E-state index in [2.05, 4.69) is 20.8 Å². The summed E-state index contributed by atoms with van der Waals surface area (Å²) in [6.45, 7) is 6.89. The van der Waals surface area contributed by atoms with Crippen molar-refractivity contribution in [1.29, 1.82) is 0 Å². The van der Waals surface area contributed by atoms with E-state index in [1.807, 2.05) is 18.2 Å². The lowest BCUT2D eigenvalue weighted by atomic mass is 9.63. The van der Waals surface area contributed by atoms with E-state index >= 15 is 0 Å². The van der Waals surface area contributed by atoms with Crippen LogP contribution in [0.15, 0.2) is 18.2 Å². The summed E-state index contributed by atoms with van der Waals surface area (Å²) in [4.78, 5) is 0. The van der Waals surface area contributed by atoms with Crippen LogP contribution in [0, 0.1) is 11.3 Å². The second-order valence-corrected chi connectivity index (χ2v) is 7.98. The summed E-state index contributed by atoms with van der Waals surface area (Å²) in [6.07, 6.45) is 3.45. The first-order valence-corrected chi connectivity index (χ1v) is 7.83. The molecule has 3 heteroatoms. The van der Waals surface area contributed by atoms with Crippen LogP contribution < -0.4 is 4.74 Å². The molecule has 1 fully saturated rings. The number of halogens is 1. The molecule has 2 aliphatic rings. The third-order valence-electron chi connectivity index (χ3n) is 4.64. The Hall–Kier alpha value is -0.730. The highest BCUT2D eigenvalue weighted by Gasteiger charge is 2.48. The Kier molecular flexibility index (Phi) is 3.30. The number of hydrogen-bond acceptors (Lipinski definition) is 2. The molecule has 1 aliphatic carbocycles. The first-order chi connectivity index (χ1) is 9.29. The highest BCUT2D eigenvalue weighted by atomic mass is 35.5. The van der Waals surface area contributed by atoms with E-state index in [0.717, 1.165) is 24.2 Å². The summed E-state index contributed by atoms with van der Waals surface area (Å²) < 4.78 is 6.37. The number of rotatable bonds is 0. The lowest BCUT2D eigenvalue weighted by Gasteiger charge is -2.50.